The predicted molar refractivity (Wildman–Crippen MR) is 81.0 cm³/mol. The number of carboxylic acid groups (broad SMARTS) is 1. The van der Waals surface area contributed by atoms with Crippen LogP contribution in [0.2, 0.25) is 5.02 Å². The Bertz CT molecular complexity index is 592. The summed E-state index contributed by atoms with van der Waals surface area (Å²) in [7, 11) is 0. The molecule has 1 aromatic rings. The summed E-state index contributed by atoms with van der Waals surface area (Å²) in [6.07, 6.45) is 2.29. The van der Waals surface area contributed by atoms with Crippen molar-refractivity contribution < 1.29 is 19.4 Å². The number of carbonyl (C=O) groups excluding carboxylic acids is 1. The van der Waals surface area contributed by atoms with E-state index in [9.17, 15) is 14.7 Å². The molecule has 1 heterocycles. The predicted octanol–water partition coefficient (Wildman–Crippen LogP) is 2.57. The fourth-order valence-electron chi connectivity index (χ4n) is 2.84. The second kappa shape index (κ2) is 5.80. The molecule has 0 spiro atoms. The molecule has 1 saturated carbocycles. The van der Waals surface area contributed by atoms with Crippen molar-refractivity contribution in [2.45, 2.75) is 31.8 Å². The van der Waals surface area contributed by atoms with E-state index in [1.165, 1.54) is 0 Å². The molecule has 0 radical (unpaired) electrons. The molecule has 3 rings (SSSR count). The van der Waals surface area contributed by atoms with Gasteiger partial charge in [0.05, 0.1) is 5.02 Å². The molecule has 2 fully saturated rings. The Labute approximate surface area is 133 Å². The van der Waals surface area contributed by atoms with Gasteiger partial charge in [-0.2, -0.15) is 0 Å². The number of aliphatic carboxylic acids is 1. The highest BCUT2D eigenvalue weighted by Gasteiger charge is 2.58. The van der Waals surface area contributed by atoms with E-state index in [4.69, 9.17) is 16.3 Å². The number of carboxylic acids is 1. The van der Waals surface area contributed by atoms with Crippen LogP contribution in [0, 0.1) is 5.41 Å². The van der Waals surface area contributed by atoms with E-state index in [0.717, 1.165) is 0 Å². The third-order valence-electron chi connectivity index (χ3n) is 4.43. The average Bonchev–Trinajstić information content (AvgIpc) is 3.31. The Morgan fingerprint density at radius 3 is 2.41 bits per heavy atom. The van der Waals surface area contributed by atoms with E-state index in [0.29, 0.717) is 49.5 Å². The highest BCUT2D eigenvalue weighted by Crippen LogP contribution is 2.47. The van der Waals surface area contributed by atoms with Gasteiger partial charge in [-0.25, -0.2) is 0 Å². The van der Waals surface area contributed by atoms with Crippen LogP contribution < -0.4 is 4.74 Å². The van der Waals surface area contributed by atoms with Crippen molar-refractivity contribution in [2.75, 3.05) is 13.1 Å². The summed E-state index contributed by atoms with van der Waals surface area (Å²) in [6.45, 7) is 1.06. The minimum absolute atomic E-state index is 0.00364. The standard InChI is InChI=1S/C16H18ClNO4/c17-12-3-1-2-4-13(12)22-11-5-9-18(10-6-11)14(19)16(7-8-16)15(20)21/h1-4,11H,5-10H2,(H,20,21). The van der Waals surface area contributed by atoms with E-state index < -0.39 is 11.4 Å². The number of nitrogens with zero attached hydrogens (tertiary/aromatic N) is 1. The first-order valence-electron chi connectivity index (χ1n) is 7.47. The number of hydrogen-bond acceptors (Lipinski definition) is 3. The zero-order chi connectivity index (χ0) is 15.7. The lowest BCUT2D eigenvalue weighted by Crippen LogP contribution is -2.46. The van der Waals surface area contributed by atoms with Gasteiger partial charge in [-0.05, 0) is 25.0 Å². The third kappa shape index (κ3) is 2.77. The van der Waals surface area contributed by atoms with Crippen molar-refractivity contribution in [1.82, 2.24) is 4.90 Å². The van der Waals surface area contributed by atoms with Gasteiger partial charge in [0.1, 0.15) is 17.3 Å². The lowest BCUT2D eigenvalue weighted by atomic mass is 10.0. The van der Waals surface area contributed by atoms with Crippen molar-refractivity contribution in [3.05, 3.63) is 29.3 Å². The van der Waals surface area contributed by atoms with Crippen LogP contribution in [0.15, 0.2) is 24.3 Å². The number of piperidine rings is 1. The van der Waals surface area contributed by atoms with Crippen LogP contribution in [0.5, 0.6) is 5.75 Å². The molecule has 0 aromatic heterocycles. The van der Waals surface area contributed by atoms with Crippen molar-refractivity contribution in [3.63, 3.8) is 0 Å². The summed E-state index contributed by atoms with van der Waals surface area (Å²) in [5.41, 5.74) is -1.14. The highest BCUT2D eigenvalue weighted by molar-refractivity contribution is 6.32. The molecule has 1 aliphatic heterocycles. The molecule has 0 unspecified atom stereocenters. The Morgan fingerprint density at radius 2 is 1.86 bits per heavy atom. The van der Waals surface area contributed by atoms with Crippen LogP contribution in [0.4, 0.5) is 0 Å². The zero-order valence-corrected chi connectivity index (χ0v) is 12.9. The first-order chi connectivity index (χ1) is 10.5. The van der Waals surface area contributed by atoms with Crippen molar-refractivity contribution in [2.24, 2.45) is 5.41 Å². The summed E-state index contributed by atoms with van der Waals surface area (Å²) in [5, 5.41) is 9.77. The van der Waals surface area contributed by atoms with Gasteiger partial charge < -0.3 is 14.7 Å². The number of amides is 1. The first-order valence-corrected chi connectivity index (χ1v) is 7.85. The summed E-state index contributed by atoms with van der Waals surface area (Å²) in [5.74, 6) is -0.582. The first kappa shape index (κ1) is 15.2. The summed E-state index contributed by atoms with van der Waals surface area (Å²) in [6, 6.07) is 7.31. The topological polar surface area (TPSA) is 66.8 Å². The molecule has 1 aliphatic carbocycles. The molecule has 0 atom stereocenters. The SMILES string of the molecule is O=C(O)C1(C(=O)N2CCC(Oc3ccccc3Cl)CC2)CC1. The lowest BCUT2D eigenvalue weighted by Gasteiger charge is -2.33. The van der Waals surface area contributed by atoms with Crippen molar-refractivity contribution in [3.8, 4) is 5.75 Å². The van der Waals surface area contributed by atoms with Gasteiger partial charge in [-0.3, -0.25) is 9.59 Å². The molecule has 0 bridgehead atoms. The van der Waals surface area contributed by atoms with Gasteiger partial charge in [0.25, 0.3) is 0 Å². The van der Waals surface area contributed by atoms with Crippen LogP contribution >= 0.6 is 11.6 Å². The number of likely N-dealkylation sites (tertiary alicyclic amines) is 1. The molecule has 1 amide bonds. The molecule has 1 saturated heterocycles. The second-order valence-electron chi connectivity index (χ2n) is 5.93. The summed E-state index contributed by atoms with van der Waals surface area (Å²) in [4.78, 5) is 25.2. The van der Waals surface area contributed by atoms with Gasteiger partial charge in [0.2, 0.25) is 5.91 Å². The average molecular weight is 324 g/mol. The largest absolute Gasteiger partial charge is 0.489 e. The summed E-state index contributed by atoms with van der Waals surface area (Å²) < 4.78 is 5.88. The van der Waals surface area contributed by atoms with Crippen molar-refractivity contribution >= 4 is 23.5 Å². The van der Waals surface area contributed by atoms with Crippen LogP contribution in [0.3, 0.4) is 0 Å². The Morgan fingerprint density at radius 1 is 1.23 bits per heavy atom. The van der Waals surface area contributed by atoms with Gasteiger partial charge in [0.15, 0.2) is 0 Å². The van der Waals surface area contributed by atoms with Gasteiger partial charge >= 0.3 is 5.97 Å². The number of ether oxygens (including phenoxy) is 1. The fourth-order valence-corrected chi connectivity index (χ4v) is 3.02. The van der Waals surface area contributed by atoms with Crippen molar-refractivity contribution in [1.29, 1.82) is 0 Å². The van der Waals surface area contributed by atoms with E-state index in [1.54, 1.807) is 11.0 Å². The Balaban J connectivity index is 1.56. The van der Waals surface area contributed by atoms with Crippen LogP contribution in [-0.4, -0.2) is 41.1 Å². The summed E-state index contributed by atoms with van der Waals surface area (Å²) >= 11 is 6.07. The zero-order valence-electron chi connectivity index (χ0n) is 12.1. The Kier molecular flexibility index (Phi) is 4.00. The molecular formula is C16H18ClNO4. The van der Waals surface area contributed by atoms with Crippen LogP contribution in [0.25, 0.3) is 0 Å². The maximum Gasteiger partial charge on any atom is 0.319 e. The third-order valence-corrected chi connectivity index (χ3v) is 4.74. The van der Waals surface area contributed by atoms with Gasteiger partial charge in [-0.1, -0.05) is 23.7 Å². The lowest BCUT2D eigenvalue weighted by molar-refractivity contribution is -0.154. The molecule has 5 nitrogen and oxygen atoms in total. The van der Waals surface area contributed by atoms with Gasteiger partial charge in [-0.15, -0.1) is 0 Å². The number of carbonyl (C=O) groups is 2. The normalized spacial score (nSPS) is 20.5. The number of rotatable bonds is 4. The van der Waals surface area contributed by atoms with E-state index in [2.05, 4.69) is 0 Å². The second-order valence-corrected chi connectivity index (χ2v) is 6.33. The fraction of sp³-hybridized carbons (Fsp3) is 0.500. The molecule has 22 heavy (non-hydrogen) atoms. The molecule has 6 heteroatoms. The Hall–Kier alpha value is -1.75. The molecule has 118 valence electrons. The highest BCUT2D eigenvalue weighted by atomic mass is 35.5. The molecule has 1 N–H and O–H groups in total. The maximum absolute atomic E-state index is 12.3. The number of hydrogen-bond donors (Lipinski definition) is 1. The smallest absolute Gasteiger partial charge is 0.319 e. The molecule has 1 aromatic carbocycles. The monoisotopic (exact) mass is 323 g/mol. The minimum Gasteiger partial charge on any atom is -0.489 e. The molecular weight excluding hydrogens is 306 g/mol. The number of para-hydroxylation sites is 1. The van der Waals surface area contributed by atoms with E-state index >= 15 is 0 Å². The number of benzene rings is 1. The van der Waals surface area contributed by atoms with E-state index in [1.807, 2.05) is 18.2 Å². The van der Waals surface area contributed by atoms with E-state index in [-0.39, 0.29) is 12.0 Å². The van der Waals surface area contributed by atoms with Gasteiger partial charge in [0, 0.05) is 25.9 Å². The van der Waals surface area contributed by atoms with Crippen LogP contribution in [-0.2, 0) is 9.59 Å². The quantitative estimate of drug-likeness (QED) is 0.865. The number of halogens is 1. The molecule has 2 aliphatic rings. The minimum atomic E-state index is -1.14. The maximum atomic E-state index is 12.3. The van der Waals surface area contributed by atoms with Crippen LogP contribution in [0.1, 0.15) is 25.7 Å².